The van der Waals surface area contributed by atoms with Gasteiger partial charge in [-0.25, -0.2) is 5.43 Å². The van der Waals surface area contributed by atoms with Crippen LogP contribution in [0.4, 0.5) is 5.69 Å². The number of carbonyl (C=O) groups excluding carboxylic acids is 2. The second-order valence-electron chi connectivity index (χ2n) is 6.13. The predicted octanol–water partition coefficient (Wildman–Crippen LogP) is 5.02. The predicted molar refractivity (Wildman–Crippen MR) is 119 cm³/mol. The van der Waals surface area contributed by atoms with Crippen molar-refractivity contribution in [3.05, 3.63) is 93.5 Å². The normalized spacial score (nSPS) is 10.6. The van der Waals surface area contributed by atoms with Crippen LogP contribution < -0.4 is 15.5 Å². The number of nitrogens with zero attached hydrogens (tertiary/aromatic N) is 1. The number of anilines is 1. The zero-order valence-electron chi connectivity index (χ0n) is 15.9. The van der Waals surface area contributed by atoms with Gasteiger partial charge in [0.2, 0.25) is 0 Å². The summed E-state index contributed by atoms with van der Waals surface area (Å²) in [6, 6.07) is 18.2. The molecule has 0 aliphatic rings. The zero-order chi connectivity index (χ0) is 21.5. The standard InChI is InChI=1S/C22H17Cl2N3O3/c1-30-19-9-6-14(7-10-19)21(28)26-18-4-2-3-15(11-18)22(29)27-25-13-16-5-8-17(23)12-20(16)24/h2-13H,1H3,(H,26,28)(H,27,29)/b25-13-. The molecule has 3 aromatic rings. The van der Waals surface area contributed by atoms with Crippen LogP contribution in [0.25, 0.3) is 0 Å². The summed E-state index contributed by atoms with van der Waals surface area (Å²) < 4.78 is 5.08. The minimum Gasteiger partial charge on any atom is -0.497 e. The molecule has 8 heteroatoms. The van der Waals surface area contributed by atoms with Gasteiger partial charge < -0.3 is 10.1 Å². The Kier molecular flexibility index (Phi) is 7.06. The molecule has 3 aromatic carbocycles. The summed E-state index contributed by atoms with van der Waals surface area (Å²) in [6.07, 6.45) is 1.42. The molecule has 0 fully saturated rings. The summed E-state index contributed by atoms with van der Waals surface area (Å²) in [6.45, 7) is 0. The summed E-state index contributed by atoms with van der Waals surface area (Å²) >= 11 is 11.9. The van der Waals surface area contributed by atoms with E-state index in [1.165, 1.54) is 6.21 Å². The molecule has 0 heterocycles. The van der Waals surface area contributed by atoms with Crippen LogP contribution in [-0.4, -0.2) is 25.1 Å². The maximum Gasteiger partial charge on any atom is 0.271 e. The first-order valence-electron chi connectivity index (χ1n) is 8.80. The fourth-order valence-corrected chi connectivity index (χ4v) is 2.97. The quantitative estimate of drug-likeness (QED) is 0.416. The Labute approximate surface area is 183 Å². The van der Waals surface area contributed by atoms with Crippen molar-refractivity contribution in [1.82, 2.24) is 5.43 Å². The van der Waals surface area contributed by atoms with Crippen LogP contribution in [0, 0.1) is 0 Å². The van der Waals surface area contributed by atoms with Gasteiger partial charge >= 0.3 is 0 Å². The third-order valence-corrected chi connectivity index (χ3v) is 4.63. The number of ether oxygens (including phenoxy) is 1. The molecule has 30 heavy (non-hydrogen) atoms. The van der Waals surface area contributed by atoms with Gasteiger partial charge in [-0.3, -0.25) is 9.59 Å². The van der Waals surface area contributed by atoms with Gasteiger partial charge in [0, 0.05) is 27.4 Å². The SMILES string of the molecule is COc1ccc(C(=O)Nc2cccc(C(=O)N/N=C\c3ccc(Cl)cc3Cl)c2)cc1. The van der Waals surface area contributed by atoms with E-state index < -0.39 is 5.91 Å². The molecule has 0 radical (unpaired) electrons. The average Bonchev–Trinajstić information content (AvgIpc) is 2.75. The van der Waals surface area contributed by atoms with Gasteiger partial charge in [0.15, 0.2) is 0 Å². The molecule has 0 spiro atoms. The van der Waals surface area contributed by atoms with Gasteiger partial charge in [-0.05, 0) is 54.6 Å². The van der Waals surface area contributed by atoms with Gasteiger partial charge in [-0.15, -0.1) is 0 Å². The van der Waals surface area contributed by atoms with E-state index in [4.69, 9.17) is 27.9 Å². The van der Waals surface area contributed by atoms with Crippen molar-refractivity contribution < 1.29 is 14.3 Å². The van der Waals surface area contributed by atoms with E-state index in [-0.39, 0.29) is 5.91 Å². The van der Waals surface area contributed by atoms with Gasteiger partial charge in [-0.2, -0.15) is 5.10 Å². The lowest BCUT2D eigenvalue weighted by molar-refractivity contribution is 0.0953. The largest absolute Gasteiger partial charge is 0.497 e. The fraction of sp³-hybridized carbons (Fsp3) is 0.0455. The first-order chi connectivity index (χ1) is 14.5. The van der Waals surface area contributed by atoms with Crippen LogP contribution in [0.2, 0.25) is 10.0 Å². The maximum absolute atomic E-state index is 12.4. The highest BCUT2D eigenvalue weighted by Gasteiger charge is 2.09. The number of hydrazone groups is 1. The summed E-state index contributed by atoms with van der Waals surface area (Å²) in [7, 11) is 1.56. The molecule has 0 saturated heterocycles. The number of halogens is 2. The minimum absolute atomic E-state index is 0.300. The van der Waals surface area contributed by atoms with Gasteiger partial charge in [0.05, 0.1) is 18.3 Å². The number of benzene rings is 3. The topological polar surface area (TPSA) is 79.8 Å². The summed E-state index contributed by atoms with van der Waals surface area (Å²) in [5.74, 6) is -0.0758. The van der Waals surface area contributed by atoms with E-state index in [1.54, 1.807) is 73.8 Å². The van der Waals surface area contributed by atoms with Crippen molar-refractivity contribution in [1.29, 1.82) is 0 Å². The smallest absolute Gasteiger partial charge is 0.271 e. The van der Waals surface area contributed by atoms with Crippen molar-refractivity contribution >= 4 is 46.9 Å². The molecule has 2 amide bonds. The van der Waals surface area contributed by atoms with E-state index in [9.17, 15) is 9.59 Å². The van der Waals surface area contributed by atoms with Gasteiger partial charge in [-0.1, -0.05) is 35.3 Å². The second kappa shape index (κ2) is 9.91. The molecule has 3 rings (SSSR count). The Bertz CT molecular complexity index is 1100. The lowest BCUT2D eigenvalue weighted by Gasteiger charge is -2.08. The highest BCUT2D eigenvalue weighted by Crippen LogP contribution is 2.19. The van der Waals surface area contributed by atoms with Gasteiger partial charge in [0.1, 0.15) is 5.75 Å². The Morgan fingerprint density at radius 3 is 2.40 bits per heavy atom. The Morgan fingerprint density at radius 2 is 1.70 bits per heavy atom. The second-order valence-corrected chi connectivity index (χ2v) is 6.97. The molecule has 0 bridgehead atoms. The number of rotatable bonds is 6. The maximum atomic E-state index is 12.4. The van der Waals surface area contributed by atoms with E-state index in [2.05, 4.69) is 15.8 Å². The van der Waals surface area contributed by atoms with Crippen LogP contribution in [0.1, 0.15) is 26.3 Å². The molecule has 0 atom stereocenters. The molecular weight excluding hydrogens is 425 g/mol. The average molecular weight is 442 g/mol. The van der Waals surface area contributed by atoms with Crippen molar-refractivity contribution in [2.75, 3.05) is 12.4 Å². The molecule has 6 nitrogen and oxygen atoms in total. The zero-order valence-corrected chi connectivity index (χ0v) is 17.4. The number of nitrogens with one attached hydrogen (secondary N) is 2. The molecule has 0 unspecified atom stereocenters. The molecule has 0 aliphatic heterocycles. The number of hydrogen-bond acceptors (Lipinski definition) is 4. The van der Waals surface area contributed by atoms with E-state index in [1.807, 2.05) is 0 Å². The Morgan fingerprint density at radius 1 is 0.933 bits per heavy atom. The van der Waals surface area contributed by atoms with E-state index >= 15 is 0 Å². The third-order valence-electron chi connectivity index (χ3n) is 4.07. The number of hydrogen-bond donors (Lipinski definition) is 2. The van der Waals surface area contributed by atoms with E-state index in [0.717, 1.165) is 0 Å². The summed E-state index contributed by atoms with van der Waals surface area (Å²) in [5, 5.41) is 7.60. The Hall–Kier alpha value is -3.35. The van der Waals surface area contributed by atoms with Crippen LogP contribution in [0.3, 0.4) is 0 Å². The highest BCUT2D eigenvalue weighted by molar-refractivity contribution is 6.36. The fourth-order valence-electron chi connectivity index (χ4n) is 2.52. The summed E-state index contributed by atoms with van der Waals surface area (Å²) in [4.78, 5) is 24.7. The number of carbonyl (C=O) groups is 2. The highest BCUT2D eigenvalue weighted by atomic mass is 35.5. The van der Waals surface area contributed by atoms with Crippen molar-refractivity contribution in [2.45, 2.75) is 0 Å². The monoisotopic (exact) mass is 441 g/mol. The minimum atomic E-state index is -0.433. The molecule has 0 aromatic heterocycles. The first-order valence-corrected chi connectivity index (χ1v) is 9.56. The van der Waals surface area contributed by atoms with Crippen LogP contribution in [-0.2, 0) is 0 Å². The van der Waals surface area contributed by atoms with Crippen LogP contribution in [0.15, 0.2) is 71.8 Å². The summed E-state index contributed by atoms with van der Waals surface area (Å²) in [5.41, 5.74) is 4.32. The van der Waals surface area contributed by atoms with Crippen molar-refractivity contribution in [3.63, 3.8) is 0 Å². The molecule has 0 saturated carbocycles. The molecular formula is C22H17Cl2N3O3. The lowest BCUT2D eigenvalue weighted by Crippen LogP contribution is -2.18. The van der Waals surface area contributed by atoms with Crippen LogP contribution in [0.5, 0.6) is 5.75 Å². The molecule has 2 N–H and O–H groups in total. The number of methoxy groups -OCH3 is 1. The Balaban J connectivity index is 1.64. The van der Waals surface area contributed by atoms with Crippen LogP contribution >= 0.6 is 23.2 Å². The molecule has 0 aliphatic carbocycles. The first kappa shape index (κ1) is 21.4. The van der Waals surface area contributed by atoms with Crippen molar-refractivity contribution in [3.8, 4) is 5.75 Å². The third kappa shape index (κ3) is 5.59. The molecule has 152 valence electrons. The number of amides is 2. The van der Waals surface area contributed by atoms with Crippen molar-refractivity contribution in [2.24, 2.45) is 5.10 Å². The van der Waals surface area contributed by atoms with E-state index in [0.29, 0.717) is 38.2 Å². The van der Waals surface area contributed by atoms with Gasteiger partial charge in [0.25, 0.3) is 11.8 Å². The lowest BCUT2D eigenvalue weighted by atomic mass is 10.1.